The largest absolute Gasteiger partial charge is 0.356 e. The summed E-state index contributed by atoms with van der Waals surface area (Å²) < 4.78 is 77.6. The lowest BCUT2D eigenvalue weighted by molar-refractivity contribution is -0.130. The molecule has 4 saturated carbocycles. The number of ketones is 4. The molecule has 8 aliphatic carbocycles. The third kappa shape index (κ3) is 18.4. The molecule has 0 amide bonds. The first-order chi connectivity index (χ1) is 50.5. The van der Waals surface area contributed by atoms with Crippen LogP contribution in [0.3, 0.4) is 0 Å². The average molecular weight is 1540 g/mol. The predicted octanol–water partition coefficient (Wildman–Crippen LogP) is 9.43. The summed E-state index contributed by atoms with van der Waals surface area (Å²) in [5, 5.41) is 0. The highest BCUT2D eigenvalue weighted by molar-refractivity contribution is 7.85. The number of aromatic nitrogens is 4. The summed E-state index contributed by atoms with van der Waals surface area (Å²) in [6, 6.07) is 4.42. The minimum atomic E-state index is -3.67. The topological polar surface area (TPSA) is 309 Å². The normalized spacial score (nSPS) is 32.6. The third-order valence-electron chi connectivity index (χ3n) is 26.4. The standard InChI is InChI=1S/2C38H52N6O2.3CH4O3S/c2*1-26-22-31-29-9-8-27-23-28(45)10-12-37(27,2)30(29)11-13-38(31,3)35(26)32(46)25-41-18-20-43(21-19-41)34-24-33(42-14-4-5-15-42)39-36(40-34)44-16-6-7-17-44;3*1-5(2,3)4/h2*10-12,23-24,26,29,31,35H,4-9,13-22,25H2,1-3H3;3*1H3,(H,2,3,4)/t26-,29?,31?,35-,37+,38+;26-,29-,31+,35-,37+,38+;;;/m11.../s1. The fourth-order valence-corrected chi connectivity index (χ4v) is 21.5. The van der Waals surface area contributed by atoms with Gasteiger partial charge in [0.25, 0.3) is 30.4 Å². The molecule has 6 aliphatic heterocycles. The molecule has 8 heterocycles. The van der Waals surface area contributed by atoms with Crippen LogP contribution in [0.5, 0.6) is 0 Å². The Kier molecular flexibility index (Phi) is 24.2. The van der Waals surface area contributed by atoms with Crippen LogP contribution in [0.1, 0.15) is 144 Å². The Labute approximate surface area is 635 Å². The second kappa shape index (κ2) is 32.2. The van der Waals surface area contributed by atoms with Crippen molar-refractivity contribution in [2.75, 3.05) is 166 Å². The van der Waals surface area contributed by atoms with Gasteiger partial charge in [0, 0.05) is 140 Å². The fraction of sp³-hybridized carbons (Fsp3) is 0.696. The van der Waals surface area contributed by atoms with Gasteiger partial charge in [-0.2, -0.15) is 45.2 Å². The van der Waals surface area contributed by atoms with Gasteiger partial charge in [-0.05, 0) is 187 Å². The molecule has 0 radical (unpaired) electrons. The molecule has 25 nitrogen and oxygen atoms in total. The van der Waals surface area contributed by atoms with E-state index >= 15 is 0 Å². The van der Waals surface area contributed by atoms with E-state index in [0.29, 0.717) is 78.9 Å². The molecule has 107 heavy (non-hydrogen) atoms. The fourth-order valence-electron chi connectivity index (χ4n) is 21.5. The molecule has 16 rings (SSSR count). The van der Waals surface area contributed by atoms with E-state index < -0.39 is 30.4 Å². The van der Waals surface area contributed by atoms with Gasteiger partial charge >= 0.3 is 0 Å². The zero-order chi connectivity index (χ0) is 76.8. The van der Waals surface area contributed by atoms with E-state index in [4.69, 9.17) is 33.6 Å². The van der Waals surface area contributed by atoms with E-state index in [1.54, 1.807) is 12.2 Å². The van der Waals surface area contributed by atoms with E-state index in [1.165, 1.54) is 73.7 Å². The maximum Gasteiger partial charge on any atom is 0.261 e. The van der Waals surface area contributed by atoms with Crippen LogP contribution in [-0.2, 0) is 49.5 Å². The van der Waals surface area contributed by atoms with Gasteiger partial charge in [-0.15, -0.1) is 0 Å². The molecule has 28 heteroatoms. The highest BCUT2D eigenvalue weighted by Gasteiger charge is 2.61. The number of carbonyl (C=O) groups excluding carboxylic acids is 4. The highest BCUT2D eigenvalue weighted by Crippen LogP contribution is 2.67. The second-order valence-electron chi connectivity index (χ2n) is 34.0. The van der Waals surface area contributed by atoms with Gasteiger partial charge in [-0.1, -0.05) is 74.3 Å². The molecule has 3 N–H and O–H groups in total. The first-order valence-corrected chi connectivity index (χ1v) is 44.8. The lowest BCUT2D eigenvalue weighted by Gasteiger charge is -2.52. The molecular weight excluding hydrogens is 1420 g/mol. The predicted molar refractivity (Wildman–Crippen MR) is 419 cm³/mol. The zero-order valence-electron chi connectivity index (χ0n) is 64.4. The minimum absolute atomic E-state index is 0.0111. The molecule has 6 saturated heterocycles. The van der Waals surface area contributed by atoms with Crippen LogP contribution in [-0.4, -0.2) is 228 Å². The van der Waals surface area contributed by atoms with E-state index in [9.17, 15) is 44.4 Å². The number of rotatable bonds is 12. The maximum atomic E-state index is 14.2. The molecule has 0 bridgehead atoms. The number of allylic oxidation sites excluding steroid dienone is 12. The van der Waals surface area contributed by atoms with Crippen molar-refractivity contribution < 1.29 is 58.1 Å². The van der Waals surface area contributed by atoms with E-state index in [-0.39, 0.29) is 45.1 Å². The summed E-state index contributed by atoms with van der Waals surface area (Å²) in [6.45, 7) is 30.9. The van der Waals surface area contributed by atoms with Crippen LogP contribution in [0.15, 0.2) is 83.0 Å². The number of nitrogens with zero attached hydrogens (tertiary/aromatic N) is 12. The Hall–Kier alpha value is -6.27. The van der Waals surface area contributed by atoms with E-state index in [2.05, 4.69) is 117 Å². The van der Waals surface area contributed by atoms with Crippen LogP contribution in [0.2, 0.25) is 0 Å². The number of hydrogen-bond donors (Lipinski definition) is 3. The van der Waals surface area contributed by atoms with Crippen molar-refractivity contribution in [1.29, 1.82) is 0 Å². The van der Waals surface area contributed by atoms with Crippen LogP contribution >= 0.6 is 0 Å². The number of Topliss-reactive ketones (excluding diaryl/α,β-unsaturated/α-hetero) is 2. The van der Waals surface area contributed by atoms with Gasteiger partial charge in [0.15, 0.2) is 23.1 Å². The molecule has 2 aromatic heterocycles. The van der Waals surface area contributed by atoms with Gasteiger partial charge in [0.2, 0.25) is 11.9 Å². The number of piperazine rings is 2. The van der Waals surface area contributed by atoms with Gasteiger partial charge in [0.05, 0.1) is 31.9 Å². The number of anilines is 6. The Morgan fingerprint density at radius 2 is 0.729 bits per heavy atom. The molecule has 10 fully saturated rings. The molecule has 12 atom stereocenters. The van der Waals surface area contributed by atoms with Crippen molar-refractivity contribution >= 4 is 88.7 Å². The molecular formula is C79H116N12O13S3. The average Bonchev–Trinajstić information content (AvgIpc) is 1.65. The van der Waals surface area contributed by atoms with Crippen LogP contribution < -0.4 is 29.4 Å². The number of hydrogen-bond acceptors (Lipinski definition) is 22. The maximum absolute atomic E-state index is 14.2. The van der Waals surface area contributed by atoms with Crippen molar-refractivity contribution in [1.82, 2.24) is 29.7 Å². The SMILES string of the molecule is CS(=O)(=O)O.CS(=O)(=O)O.CS(=O)(=O)O.C[C@@H]1CC2C3CCC4=CC(=O)C=C[C@]4(C)C3=CC[C@]2(C)[C@H]1C(=O)CN1CCN(c2cc(N3CCCC3)nc(N3CCCC3)n2)CC1.C[C@@H]1C[C@H]2[C@@H]3CCC4=CC(=O)C=C[C@]4(C)C3=CC[C@]2(C)[C@H]1C(=O)CN1CCN(c2cc(N3CCCC3)nc(N3CCCC3)n2)CC1. The van der Waals surface area contributed by atoms with Crippen LogP contribution in [0, 0.1) is 69.0 Å². The smallest absolute Gasteiger partial charge is 0.261 e. The van der Waals surface area contributed by atoms with Crippen molar-refractivity contribution in [3.63, 3.8) is 0 Å². The molecule has 14 aliphatic rings. The number of carbonyl (C=O) groups is 4. The molecule has 0 spiro atoms. The molecule has 0 aromatic carbocycles. The Balaban J connectivity index is 0.000000168. The lowest BCUT2D eigenvalue weighted by atomic mass is 9.52. The third-order valence-corrected chi connectivity index (χ3v) is 26.4. The monoisotopic (exact) mass is 1540 g/mol. The summed E-state index contributed by atoms with van der Waals surface area (Å²) in [5.74, 6) is 10.3. The molecule has 588 valence electrons. The van der Waals surface area contributed by atoms with Gasteiger partial charge in [0.1, 0.15) is 23.3 Å². The van der Waals surface area contributed by atoms with E-state index in [0.717, 1.165) is 191 Å². The Bertz CT molecular complexity index is 3840. The second-order valence-corrected chi connectivity index (χ2v) is 38.4. The van der Waals surface area contributed by atoms with Gasteiger partial charge in [-0.3, -0.25) is 42.6 Å². The van der Waals surface area contributed by atoms with E-state index in [1.807, 2.05) is 12.2 Å². The summed E-state index contributed by atoms with van der Waals surface area (Å²) in [7, 11) is -11.0. The summed E-state index contributed by atoms with van der Waals surface area (Å²) in [5.41, 5.74) is 5.36. The van der Waals surface area contributed by atoms with Gasteiger partial charge < -0.3 is 29.4 Å². The zero-order valence-corrected chi connectivity index (χ0v) is 66.9. The van der Waals surface area contributed by atoms with Crippen LogP contribution in [0.25, 0.3) is 0 Å². The minimum Gasteiger partial charge on any atom is -0.356 e. The van der Waals surface area contributed by atoms with Crippen molar-refractivity contribution in [2.45, 2.75) is 144 Å². The number of fused-ring (bicyclic) bond motifs is 10. The summed E-state index contributed by atoms with van der Waals surface area (Å²) in [6.07, 6.45) is 36.9. The molecule has 2 aromatic rings. The first-order valence-electron chi connectivity index (χ1n) is 39.3. The van der Waals surface area contributed by atoms with Crippen molar-refractivity contribution in [3.8, 4) is 0 Å². The Morgan fingerprint density at radius 3 is 1.03 bits per heavy atom. The Morgan fingerprint density at radius 1 is 0.449 bits per heavy atom. The van der Waals surface area contributed by atoms with Gasteiger partial charge in [-0.25, -0.2) is 0 Å². The summed E-state index contributed by atoms with van der Waals surface area (Å²) in [4.78, 5) is 92.2. The highest BCUT2D eigenvalue weighted by atomic mass is 32.2. The van der Waals surface area contributed by atoms with Crippen molar-refractivity contribution in [3.05, 3.63) is 83.0 Å². The van der Waals surface area contributed by atoms with Crippen molar-refractivity contribution in [2.24, 2.45) is 69.0 Å². The first kappa shape index (κ1) is 80.3. The molecule has 2 unspecified atom stereocenters. The summed E-state index contributed by atoms with van der Waals surface area (Å²) >= 11 is 0. The quantitative estimate of drug-likeness (QED) is 0.132. The lowest BCUT2D eigenvalue weighted by Crippen LogP contribution is -2.51. The van der Waals surface area contributed by atoms with Crippen LogP contribution in [0.4, 0.5) is 35.2 Å².